The van der Waals surface area contributed by atoms with Crippen molar-refractivity contribution in [2.24, 2.45) is 0 Å². The van der Waals surface area contributed by atoms with Gasteiger partial charge in [-0.2, -0.15) is 0 Å². The molecule has 6 aromatic carbocycles. The molecule has 0 aliphatic heterocycles. The fraction of sp³-hybridized carbons (Fsp3) is 0. The first kappa shape index (κ1) is 31.3. The fourth-order valence-electron chi connectivity index (χ4n) is 7.35. The molecule has 254 valence electrons. The molecule has 0 radical (unpaired) electrons. The van der Waals surface area contributed by atoms with Gasteiger partial charge in [0.15, 0.2) is 0 Å². The van der Waals surface area contributed by atoms with E-state index in [4.69, 9.17) is 15.0 Å². The van der Waals surface area contributed by atoms with Gasteiger partial charge in [-0.15, -0.1) is 0 Å². The highest BCUT2D eigenvalue weighted by Gasteiger charge is 2.18. The number of nitrogens with zero attached hydrogens (tertiary/aromatic N) is 6. The van der Waals surface area contributed by atoms with E-state index in [0.29, 0.717) is 0 Å². The molecule has 6 nitrogen and oxygen atoms in total. The van der Waals surface area contributed by atoms with Crippen molar-refractivity contribution in [3.8, 4) is 39.6 Å². The van der Waals surface area contributed by atoms with Crippen LogP contribution in [-0.2, 0) is 0 Å². The molecule has 0 saturated heterocycles. The molecule has 54 heavy (non-hydrogen) atoms. The predicted molar refractivity (Wildman–Crippen MR) is 220 cm³/mol. The van der Waals surface area contributed by atoms with Crippen molar-refractivity contribution in [1.82, 2.24) is 24.5 Å². The third-order valence-electron chi connectivity index (χ3n) is 9.90. The summed E-state index contributed by atoms with van der Waals surface area (Å²) in [5.74, 6) is 0. The van der Waals surface area contributed by atoms with Gasteiger partial charge in [0, 0.05) is 45.2 Å². The van der Waals surface area contributed by atoms with E-state index in [1.165, 1.54) is 21.8 Å². The number of benzene rings is 6. The lowest BCUT2D eigenvalue weighted by Crippen LogP contribution is -2.10. The summed E-state index contributed by atoms with van der Waals surface area (Å²) in [6.07, 6.45) is 3.71. The second-order valence-corrected chi connectivity index (χ2v) is 13.2. The molecule has 10 aromatic rings. The van der Waals surface area contributed by atoms with Crippen LogP contribution in [0.4, 0.5) is 17.1 Å². The zero-order valence-corrected chi connectivity index (χ0v) is 29.2. The number of hydrogen-bond acceptors (Lipinski definition) is 5. The minimum Gasteiger partial charge on any atom is -0.309 e. The molecule has 6 heteroatoms. The largest absolute Gasteiger partial charge is 0.309 e. The monoisotopic (exact) mass is 692 g/mol. The Morgan fingerprint density at radius 3 is 1.50 bits per heavy atom. The van der Waals surface area contributed by atoms with Crippen molar-refractivity contribution in [1.29, 1.82) is 0 Å². The zero-order valence-electron chi connectivity index (χ0n) is 29.2. The second kappa shape index (κ2) is 13.3. The lowest BCUT2D eigenvalue weighted by atomic mass is 10.0. The Kier molecular flexibility index (Phi) is 7.69. The van der Waals surface area contributed by atoms with Gasteiger partial charge in [0.05, 0.1) is 56.7 Å². The van der Waals surface area contributed by atoms with Crippen LogP contribution in [0.2, 0.25) is 0 Å². The normalized spacial score (nSPS) is 11.3. The first-order valence-corrected chi connectivity index (χ1v) is 18.0. The fourth-order valence-corrected chi connectivity index (χ4v) is 7.35. The molecule has 0 aliphatic rings. The van der Waals surface area contributed by atoms with E-state index in [-0.39, 0.29) is 0 Å². The van der Waals surface area contributed by atoms with E-state index in [0.717, 1.165) is 67.7 Å². The summed E-state index contributed by atoms with van der Waals surface area (Å²) in [4.78, 5) is 21.8. The molecular formula is C48H32N6. The topological polar surface area (TPSA) is 59.7 Å². The van der Waals surface area contributed by atoms with Crippen LogP contribution in [0.5, 0.6) is 0 Å². The molecule has 0 amide bonds. The van der Waals surface area contributed by atoms with Crippen molar-refractivity contribution in [3.05, 3.63) is 194 Å². The Bertz CT molecular complexity index is 2850. The average molecular weight is 693 g/mol. The summed E-state index contributed by atoms with van der Waals surface area (Å²) in [5, 5.41) is 2.48. The van der Waals surface area contributed by atoms with Crippen LogP contribution < -0.4 is 4.90 Å². The predicted octanol–water partition coefficient (Wildman–Crippen LogP) is 12.0. The van der Waals surface area contributed by atoms with Crippen LogP contribution >= 0.6 is 0 Å². The van der Waals surface area contributed by atoms with Crippen LogP contribution in [0.15, 0.2) is 194 Å². The maximum Gasteiger partial charge on any atom is 0.0973 e. The van der Waals surface area contributed by atoms with E-state index in [9.17, 15) is 0 Å². The highest BCUT2D eigenvalue weighted by Crippen LogP contribution is 2.39. The van der Waals surface area contributed by atoms with Crippen LogP contribution in [-0.4, -0.2) is 24.5 Å². The van der Waals surface area contributed by atoms with Crippen molar-refractivity contribution < 1.29 is 0 Å². The maximum atomic E-state index is 5.13. The van der Waals surface area contributed by atoms with Gasteiger partial charge in [-0.1, -0.05) is 97.1 Å². The van der Waals surface area contributed by atoms with Gasteiger partial charge >= 0.3 is 0 Å². The van der Waals surface area contributed by atoms with Crippen molar-refractivity contribution >= 4 is 49.9 Å². The number of para-hydroxylation sites is 4. The highest BCUT2D eigenvalue weighted by atomic mass is 15.1. The van der Waals surface area contributed by atoms with Crippen LogP contribution in [0.1, 0.15) is 0 Å². The van der Waals surface area contributed by atoms with Gasteiger partial charge in [-0.05, 0) is 84.9 Å². The molecule has 0 fully saturated rings. The van der Waals surface area contributed by atoms with Crippen LogP contribution in [0, 0.1) is 0 Å². The Morgan fingerprint density at radius 2 is 0.907 bits per heavy atom. The minimum atomic E-state index is 0.819. The molecule has 4 heterocycles. The Morgan fingerprint density at radius 1 is 0.389 bits per heavy atom. The molecular weight excluding hydrogens is 661 g/mol. The molecule has 0 bridgehead atoms. The summed E-state index contributed by atoms with van der Waals surface area (Å²) >= 11 is 0. The third-order valence-corrected chi connectivity index (χ3v) is 9.90. The second-order valence-electron chi connectivity index (χ2n) is 13.2. The van der Waals surface area contributed by atoms with Gasteiger partial charge in [0.2, 0.25) is 0 Å². The summed E-state index contributed by atoms with van der Waals surface area (Å²) in [7, 11) is 0. The van der Waals surface area contributed by atoms with E-state index >= 15 is 0 Å². The molecule has 4 aromatic heterocycles. The standard InChI is InChI=1S/C48H32N6/c1-2-12-33(13-3-1)47-48(52-44-18-7-6-17-43(44)51-47)34-21-23-35(24-22-34)53(38-29-30-42(50-32-38)41-16-10-11-31-49-41)36-25-27-37(28-26-36)54-45-19-8-4-14-39(45)40-15-5-9-20-46(40)54/h1-32H. The Balaban J connectivity index is 1.08. The quantitative estimate of drug-likeness (QED) is 0.166. The molecule has 0 unspecified atom stereocenters. The lowest BCUT2D eigenvalue weighted by molar-refractivity contribution is 1.17. The van der Waals surface area contributed by atoms with E-state index < -0.39 is 0 Å². The van der Waals surface area contributed by atoms with Gasteiger partial charge in [-0.25, -0.2) is 9.97 Å². The smallest absolute Gasteiger partial charge is 0.0973 e. The van der Waals surface area contributed by atoms with Gasteiger partial charge in [0.25, 0.3) is 0 Å². The van der Waals surface area contributed by atoms with Crippen LogP contribution in [0.25, 0.3) is 72.4 Å². The molecule has 0 aliphatic carbocycles. The first-order chi connectivity index (χ1) is 26.8. The summed E-state index contributed by atoms with van der Waals surface area (Å²) in [5.41, 5.74) is 13.5. The SMILES string of the molecule is c1ccc(-c2nc3ccccc3nc2-c2ccc(N(c3ccc(-n4c5ccccc5c5ccccc54)cc3)c3ccc(-c4ccccn4)nc3)cc2)cc1. The van der Waals surface area contributed by atoms with Gasteiger partial charge < -0.3 is 9.47 Å². The molecule has 0 atom stereocenters. The number of anilines is 3. The molecule has 0 N–H and O–H groups in total. The zero-order chi connectivity index (χ0) is 35.8. The molecule has 0 spiro atoms. The number of aromatic nitrogens is 5. The number of pyridine rings is 2. The molecule has 0 saturated carbocycles. The van der Waals surface area contributed by atoms with E-state index in [2.05, 4.69) is 130 Å². The van der Waals surface area contributed by atoms with Gasteiger partial charge in [-0.3, -0.25) is 9.97 Å². The highest BCUT2D eigenvalue weighted by molar-refractivity contribution is 6.09. The van der Waals surface area contributed by atoms with Crippen LogP contribution in [0.3, 0.4) is 0 Å². The lowest BCUT2D eigenvalue weighted by Gasteiger charge is -2.26. The first-order valence-electron chi connectivity index (χ1n) is 18.0. The van der Waals surface area contributed by atoms with Crippen molar-refractivity contribution in [2.45, 2.75) is 0 Å². The Hall–Kier alpha value is -7.44. The summed E-state index contributed by atoms with van der Waals surface area (Å²) < 4.78 is 2.34. The van der Waals surface area contributed by atoms with Crippen molar-refractivity contribution in [3.63, 3.8) is 0 Å². The average Bonchev–Trinajstić information content (AvgIpc) is 3.59. The number of rotatable bonds is 7. The van der Waals surface area contributed by atoms with E-state index in [1.807, 2.05) is 72.9 Å². The third kappa shape index (κ3) is 5.54. The molecule has 10 rings (SSSR count). The maximum absolute atomic E-state index is 5.13. The number of fused-ring (bicyclic) bond motifs is 4. The minimum absolute atomic E-state index is 0.819. The summed E-state index contributed by atoms with van der Waals surface area (Å²) in [6, 6.07) is 62.8. The van der Waals surface area contributed by atoms with Gasteiger partial charge in [0.1, 0.15) is 0 Å². The summed E-state index contributed by atoms with van der Waals surface area (Å²) in [6.45, 7) is 0. The van der Waals surface area contributed by atoms with E-state index in [1.54, 1.807) is 6.20 Å². The Labute approximate surface area is 312 Å². The number of hydrogen-bond donors (Lipinski definition) is 0. The van der Waals surface area contributed by atoms with Crippen molar-refractivity contribution in [2.75, 3.05) is 4.90 Å².